The molecule has 0 aromatic carbocycles. The van der Waals surface area contributed by atoms with E-state index in [0.29, 0.717) is 13.0 Å². The maximum atomic E-state index is 11.5. The third-order valence-electron chi connectivity index (χ3n) is 3.38. The van der Waals surface area contributed by atoms with Crippen LogP contribution in [0.3, 0.4) is 0 Å². The molecule has 1 aromatic heterocycles. The molecular weight excluding hydrogens is 272 g/mol. The number of hydrogen-bond acceptors (Lipinski definition) is 6. The Hall–Kier alpha value is -2.22. The number of urea groups is 1. The Morgan fingerprint density at radius 3 is 2.62 bits per heavy atom. The highest BCUT2D eigenvalue weighted by Crippen LogP contribution is 2.11. The van der Waals surface area contributed by atoms with Gasteiger partial charge in [-0.1, -0.05) is 0 Å². The number of hydrogen-bond donors (Lipinski definition) is 2. The van der Waals surface area contributed by atoms with E-state index in [2.05, 4.69) is 30.4 Å². The summed E-state index contributed by atoms with van der Waals surface area (Å²) in [5, 5.41) is 4.61. The molecule has 1 aromatic rings. The third-order valence-corrected chi connectivity index (χ3v) is 3.38. The second-order valence-corrected chi connectivity index (χ2v) is 4.77. The van der Waals surface area contributed by atoms with Crippen LogP contribution in [0.1, 0.15) is 6.42 Å². The summed E-state index contributed by atoms with van der Waals surface area (Å²) in [5.74, 6) is 0.625. The standard InChI is InChI=1S/C13H20N6O2/c1-14-13(21)17-12(20)2-5-18-6-8-19(9-7-18)11-10-15-3-4-16-11/h3-4,10H,2,5-9H2,1H3,(H2,14,17,20,21). The number of anilines is 1. The summed E-state index contributed by atoms with van der Waals surface area (Å²) in [7, 11) is 1.48. The minimum atomic E-state index is -0.465. The predicted octanol–water partition coefficient (Wildman–Crippen LogP) is -0.556. The van der Waals surface area contributed by atoms with Gasteiger partial charge in [-0.05, 0) is 0 Å². The van der Waals surface area contributed by atoms with E-state index in [-0.39, 0.29) is 5.91 Å². The van der Waals surface area contributed by atoms with Crippen molar-refractivity contribution in [1.29, 1.82) is 0 Å². The fourth-order valence-corrected chi connectivity index (χ4v) is 2.17. The van der Waals surface area contributed by atoms with Crippen molar-refractivity contribution in [2.45, 2.75) is 6.42 Å². The minimum Gasteiger partial charge on any atom is -0.353 e. The van der Waals surface area contributed by atoms with Gasteiger partial charge >= 0.3 is 6.03 Å². The minimum absolute atomic E-state index is 0.259. The van der Waals surface area contributed by atoms with Crippen molar-refractivity contribution < 1.29 is 9.59 Å². The fraction of sp³-hybridized carbons (Fsp3) is 0.538. The van der Waals surface area contributed by atoms with E-state index in [1.54, 1.807) is 18.6 Å². The van der Waals surface area contributed by atoms with E-state index in [4.69, 9.17) is 0 Å². The largest absolute Gasteiger partial charge is 0.353 e. The highest BCUT2D eigenvalue weighted by atomic mass is 16.2. The van der Waals surface area contributed by atoms with Crippen LogP contribution < -0.4 is 15.5 Å². The molecule has 3 amide bonds. The van der Waals surface area contributed by atoms with Crippen molar-refractivity contribution in [3.05, 3.63) is 18.6 Å². The van der Waals surface area contributed by atoms with Crippen molar-refractivity contribution in [3.63, 3.8) is 0 Å². The molecule has 8 heteroatoms. The second-order valence-electron chi connectivity index (χ2n) is 4.77. The molecule has 0 atom stereocenters. The topological polar surface area (TPSA) is 90.5 Å². The number of piperazine rings is 1. The Bertz CT molecular complexity index is 473. The Morgan fingerprint density at radius 2 is 2.00 bits per heavy atom. The number of nitrogens with zero attached hydrogens (tertiary/aromatic N) is 4. The van der Waals surface area contributed by atoms with Gasteiger partial charge in [0.1, 0.15) is 5.82 Å². The monoisotopic (exact) mass is 292 g/mol. The Labute approximate surface area is 123 Å². The first-order valence-electron chi connectivity index (χ1n) is 6.94. The van der Waals surface area contributed by atoms with Crippen molar-refractivity contribution >= 4 is 17.8 Å². The Morgan fingerprint density at radius 1 is 1.24 bits per heavy atom. The lowest BCUT2D eigenvalue weighted by molar-refractivity contribution is -0.120. The lowest BCUT2D eigenvalue weighted by Crippen LogP contribution is -2.48. The summed E-state index contributed by atoms with van der Waals surface area (Å²) in [6.45, 7) is 4.09. The number of imide groups is 1. The fourth-order valence-electron chi connectivity index (χ4n) is 2.17. The Kier molecular flexibility index (Phi) is 5.44. The summed E-state index contributed by atoms with van der Waals surface area (Å²) < 4.78 is 0. The number of nitrogens with one attached hydrogen (secondary N) is 2. The van der Waals surface area contributed by atoms with Crippen molar-refractivity contribution in [2.75, 3.05) is 44.7 Å². The first-order chi connectivity index (χ1) is 10.2. The Balaban J connectivity index is 1.70. The van der Waals surface area contributed by atoms with Gasteiger partial charge in [0, 0.05) is 58.6 Å². The molecule has 0 saturated carbocycles. The van der Waals surface area contributed by atoms with Gasteiger partial charge in [0.15, 0.2) is 0 Å². The molecule has 1 saturated heterocycles. The van der Waals surface area contributed by atoms with Gasteiger partial charge in [0.25, 0.3) is 0 Å². The lowest BCUT2D eigenvalue weighted by atomic mass is 10.3. The average molecular weight is 292 g/mol. The van der Waals surface area contributed by atoms with E-state index in [0.717, 1.165) is 32.0 Å². The molecule has 0 aliphatic carbocycles. The molecule has 0 bridgehead atoms. The predicted molar refractivity (Wildman–Crippen MR) is 77.9 cm³/mol. The van der Waals surface area contributed by atoms with E-state index < -0.39 is 6.03 Å². The van der Waals surface area contributed by atoms with Crippen LogP contribution >= 0.6 is 0 Å². The molecule has 2 rings (SSSR count). The molecule has 21 heavy (non-hydrogen) atoms. The molecule has 1 aliphatic heterocycles. The van der Waals surface area contributed by atoms with Crippen LogP contribution in [0, 0.1) is 0 Å². The molecule has 8 nitrogen and oxygen atoms in total. The summed E-state index contributed by atoms with van der Waals surface area (Å²) in [6.07, 6.45) is 5.42. The van der Waals surface area contributed by atoms with E-state index in [1.165, 1.54) is 7.05 Å². The summed E-state index contributed by atoms with van der Waals surface area (Å²) in [6, 6.07) is -0.465. The average Bonchev–Trinajstić information content (AvgIpc) is 2.54. The SMILES string of the molecule is CNC(=O)NC(=O)CCN1CCN(c2cnccn2)CC1. The summed E-state index contributed by atoms with van der Waals surface area (Å²) >= 11 is 0. The molecule has 0 spiro atoms. The zero-order chi connectivity index (χ0) is 15.1. The summed E-state index contributed by atoms with van der Waals surface area (Å²) in [5.41, 5.74) is 0. The molecule has 2 N–H and O–H groups in total. The number of rotatable bonds is 4. The van der Waals surface area contributed by atoms with Crippen LogP contribution in [0.4, 0.5) is 10.6 Å². The zero-order valence-electron chi connectivity index (χ0n) is 12.1. The maximum absolute atomic E-state index is 11.5. The van der Waals surface area contributed by atoms with Gasteiger partial charge in [0.2, 0.25) is 5.91 Å². The van der Waals surface area contributed by atoms with Crippen LogP contribution in [0.5, 0.6) is 0 Å². The smallest absolute Gasteiger partial charge is 0.321 e. The molecule has 2 heterocycles. The van der Waals surface area contributed by atoms with Crippen molar-refractivity contribution in [2.24, 2.45) is 0 Å². The number of carbonyl (C=O) groups excluding carboxylic acids is 2. The highest BCUT2D eigenvalue weighted by Gasteiger charge is 2.18. The molecule has 0 radical (unpaired) electrons. The van der Waals surface area contributed by atoms with Gasteiger partial charge < -0.3 is 10.2 Å². The van der Waals surface area contributed by atoms with E-state index in [1.807, 2.05) is 0 Å². The molecule has 114 valence electrons. The second kappa shape index (κ2) is 7.53. The van der Waals surface area contributed by atoms with Crippen LogP contribution in [0.2, 0.25) is 0 Å². The van der Waals surface area contributed by atoms with Crippen molar-refractivity contribution in [3.8, 4) is 0 Å². The normalized spacial score (nSPS) is 15.6. The maximum Gasteiger partial charge on any atom is 0.321 e. The number of aromatic nitrogens is 2. The first-order valence-corrected chi connectivity index (χ1v) is 6.94. The van der Waals surface area contributed by atoms with Crippen molar-refractivity contribution in [1.82, 2.24) is 25.5 Å². The van der Waals surface area contributed by atoms with Crippen LogP contribution in [0.15, 0.2) is 18.6 Å². The van der Waals surface area contributed by atoms with Crippen LogP contribution in [0.25, 0.3) is 0 Å². The van der Waals surface area contributed by atoms with Crippen LogP contribution in [-0.4, -0.2) is 66.6 Å². The van der Waals surface area contributed by atoms with Gasteiger partial charge in [-0.3, -0.25) is 20.0 Å². The van der Waals surface area contributed by atoms with E-state index >= 15 is 0 Å². The van der Waals surface area contributed by atoms with Crippen LogP contribution in [-0.2, 0) is 4.79 Å². The number of carbonyl (C=O) groups is 2. The zero-order valence-corrected chi connectivity index (χ0v) is 12.1. The number of amides is 3. The highest BCUT2D eigenvalue weighted by molar-refractivity contribution is 5.94. The molecule has 0 unspecified atom stereocenters. The van der Waals surface area contributed by atoms with E-state index in [9.17, 15) is 9.59 Å². The third kappa shape index (κ3) is 4.67. The van der Waals surface area contributed by atoms with Gasteiger partial charge in [-0.2, -0.15) is 0 Å². The summed E-state index contributed by atoms with van der Waals surface area (Å²) in [4.78, 5) is 35.2. The first kappa shape index (κ1) is 15.2. The molecule has 1 aliphatic rings. The molecular formula is C13H20N6O2. The van der Waals surface area contributed by atoms with Gasteiger partial charge in [-0.25, -0.2) is 9.78 Å². The van der Waals surface area contributed by atoms with Gasteiger partial charge in [0.05, 0.1) is 6.20 Å². The lowest BCUT2D eigenvalue weighted by Gasteiger charge is -2.35. The molecule has 1 fully saturated rings. The van der Waals surface area contributed by atoms with Gasteiger partial charge in [-0.15, -0.1) is 0 Å². The quantitative estimate of drug-likeness (QED) is 0.773.